The van der Waals surface area contributed by atoms with E-state index in [1.807, 2.05) is 13.1 Å². The highest BCUT2D eigenvalue weighted by Crippen LogP contribution is 2.23. The molecule has 112 valence electrons. The largest absolute Gasteiger partial charge is 0.363 e. The van der Waals surface area contributed by atoms with E-state index in [9.17, 15) is 4.79 Å². The van der Waals surface area contributed by atoms with Gasteiger partial charge in [-0.05, 0) is 26.3 Å². The third kappa shape index (κ3) is 3.27. The number of likely N-dealkylation sites (tertiary alicyclic amines) is 1. The van der Waals surface area contributed by atoms with Gasteiger partial charge in [-0.2, -0.15) is 0 Å². The van der Waals surface area contributed by atoms with Crippen LogP contribution in [0.5, 0.6) is 0 Å². The summed E-state index contributed by atoms with van der Waals surface area (Å²) in [5.41, 5.74) is 5.20. The highest BCUT2D eigenvalue weighted by molar-refractivity contribution is 7.11. The first-order valence-electron chi connectivity index (χ1n) is 6.96. The molecule has 0 unspecified atom stereocenters. The van der Waals surface area contributed by atoms with Crippen molar-refractivity contribution in [2.24, 2.45) is 5.73 Å². The number of carbonyl (C=O) groups excluding carboxylic acids is 1. The number of aromatic nitrogens is 4. The molecule has 2 aromatic rings. The number of carbonyl (C=O) groups is 1. The van der Waals surface area contributed by atoms with Gasteiger partial charge in [-0.1, -0.05) is 0 Å². The van der Waals surface area contributed by atoms with Crippen LogP contribution in [0.15, 0.2) is 12.5 Å². The van der Waals surface area contributed by atoms with Gasteiger partial charge in [-0.3, -0.25) is 9.69 Å². The summed E-state index contributed by atoms with van der Waals surface area (Å²) in [5.74, 6) is -0.494. The summed E-state index contributed by atoms with van der Waals surface area (Å²) < 4.78 is 1.77. The number of primary amides is 1. The summed E-state index contributed by atoms with van der Waals surface area (Å²) >= 11 is 1.74. The van der Waals surface area contributed by atoms with E-state index in [2.05, 4.69) is 20.0 Å². The lowest BCUT2D eigenvalue weighted by Gasteiger charge is -2.32. The number of thiazole rings is 1. The molecule has 1 amide bonds. The summed E-state index contributed by atoms with van der Waals surface area (Å²) in [6, 6.07) is 0.244. The van der Waals surface area contributed by atoms with E-state index in [0.717, 1.165) is 37.5 Å². The molecule has 2 aromatic heterocycles. The molecule has 1 aliphatic heterocycles. The van der Waals surface area contributed by atoms with Crippen molar-refractivity contribution in [1.82, 2.24) is 24.6 Å². The van der Waals surface area contributed by atoms with Crippen molar-refractivity contribution in [2.75, 3.05) is 13.1 Å². The number of rotatable bonds is 4. The molecule has 0 spiro atoms. The molecular formula is C13H18N6OS. The van der Waals surface area contributed by atoms with Crippen LogP contribution in [0.3, 0.4) is 0 Å². The average Bonchev–Trinajstić information content (AvgIpc) is 3.08. The molecule has 7 nitrogen and oxygen atoms in total. The Kier molecular flexibility index (Phi) is 3.98. The van der Waals surface area contributed by atoms with Crippen LogP contribution in [0.4, 0.5) is 0 Å². The maximum atomic E-state index is 11.1. The lowest BCUT2D eigenvalue weighted by atomic mass is 10.1. The monoisotopic (exact) mass is 306 g/mol. The van der Waals surface area contributed by atoms with Crippen molar-refractivity contribution in [3.8, 4) is 0 Å². The second-order valence-electron chi connectivity index (χ2n) is 5.29. The Morgan fingerprint density at radius 1 is 1.52 bits per heavy atom. The normalized spacial score (nSPS) is 19.8. The van der Waals surface area contributed by atoms with E-state index < -0.39 is 5.91 Å². The zero-order chi connectivity index (χ0) is 14.8. The fourth-order valence-electron chi connectivity index (χ4n) is 2.65. The van der Waals surface area contributed by atoms with Crippen LogP contribution < -0.4 is 5.73 Å². The van der Waals surface area contributed by atoms with E-state index in [0.29, 0.717) is 0 Å². The van der Waals surface area contributed by atoms with Crippen molar-refractivity contribution >= 4 is 17.2 Å². The Bertz CT molecular complexity index is 636. The van der Waals surface area contributed by atoms with Gasteiger partial charge in [0.2, 0.25) is 5.82 Å². The van der Waals surface area contributed by atoms with Gasteiger partial charge in [-0.15, -0.1) is 16.4 Å². The average molecular weight is 306 g/mol. The number of piperidine rings is 1. The van der Waals surface area contributed by atoms with Gasteiger partial charge in [0, 0.05) is 24.2 Å². The zero-order valence-electron chi connectivity index (χ0n) is 11.9. The quantitative estimate of drug-likeness (QED) is 0.909. The Morgan fingerprint density at radius 3 is 3.05 bits per heavy atom. The fraction of sp³-hybridized carbons (Fsp3) is 0.538. The van der Waals surface area contributed by atoms with E-state index in [-0.39, 0.29) is 11.9 Å². The maximum absolute atomic E-state index is 11.1. The molecule has 21 heavy (non-hydrogen) atoms. The zero-order valence-corrected chi connectivity index (χ0v) is 12.7. The molecule has 3 rings (SSSR count). The van der Waals surface area contributed by atoms with Gasteiger partial charge >= 0.3 is 0 Å². The Morgan fingerprint density at radius 2 is 2.38 bits per heavy atom. The first-order chi connectivity index (χ1) is 10.1. The molecule has 0 radical (unpaired) electrons. The van der Waals surface area contributed by atoms with Gasteiger partial charge < -0.3 is 5.73 Å². The summed E-state index contributed by atoms with van der Waals surface area (Å²) in [6.45, 7) is 4.91. The molecule has 1 saturated heterocycles. The number of nitrogens with zero attached hydrogens (tertiary/aromatic N) is 5. The standard InChI is InChI=1S/C13H18N6OS/c1-9-15-5-11(21-9)7-18-4-2-3-10(6-18)19-8-16-13(17-19)12(14)20/h5,8,10H,2-4,6-7H2,1H3,(H2,14,20)/t10-/m1/s1. The molecular weight excluding hydrogens is 288 g/mol. The van der Waals surface area contributed by atoms with Crippen molar-refractivity contribution in [2.45, 2.75) is 32.4 Å². The van der Waals surface area contributed by atoms with Gasteiger partial charge in [-0.25, -0.2) is 14.6 Å². The summed E-state index contributed by atoms with van der Waals surface area (Å²) in [5, 5.41) is 5.27. The number of amides is 1. The van der Waals surface area contributed by atoms with Gasteiger partial charge in [0.05, 0.1) is 11.0 Å². The second kappa shape index (κ2) is 5.90. The fourth-order valence-corrected chi connectivity index (χ4v) is 3.49. The summed E-state index contributed by atoms with van der Waals surface area (Å²) in [6.07, 6.45) is 5.70. The minimum atomic E-state index is -0.582. The van der Waals surface area contributed by atoms with Gasteiger partial charge in [0.15, 0.2) is 0 Å². The highest BCUT2D eigenvalue weighted by Gasteiger charge is 2.23. The van der Waals surface area contributed by atoms with Gasteiger partial charge in [0.25, 0.3) is 5.91 Å². The van der Waals surface area contributed by atoms with E-state index >= 15 is 0 Å². The van der Waals surface area contributed by atoms with Crippen LogP contribution in [0.25, 0.3) is 0 Å². The molecule has 1 aliphatic rings. The van der Waals surface area contributed by atoms with Crippen LogP contribution in [-0.2, 0) is 6.54 Å². The molecule has 1 fully saturated rings. The predicted octanol–water partition coefficient (Wildman–Crippen LogP) is 0.979. The third-order valence-electron chi connectivity index (χ3n) is 3.63. The Balaban J connectivity index is 1.66. The number of aryl methyl sites for hydroxylation is 1. The first-order valence-corrected chi connectivity index (χ1v) is 7.78. The van der Waals surface area contributed by atoms with Crippen molar-refractivity contribution in [3.05, 3.63) is 28.2 Å². The molecule has 0 aliphatic carbocycles. The molecule has 2 N–H and O–H groups in total. The van der Waals surface area contributed by atoms with Crippen molar-refractivity contribution < 1.29 is 4.79 Å². The van der Waals surface area contributed by atoms with E-state index in [1.165, 1.54) is 4.88 Å². The summed E-state index contributed by atoms with van der Waals surface area (Å²) in [7, 11) is 0. The van der Waals surface area contributed by atoms with Crippen molar-refractivity contribution in [1.29, 1.82) is 0 Å². The maximum Gasteiger partial charge on any atom is 0.288 e. The van der Waals surface area contributed by atoms with Gasteiger partial charge in [0.1, 0.15) is 6.33 Å². The molecule has 1 atom stereocenters. The smallest absolute Gasteiger partial charge is 0.288 e. The molecule has 0 aromatic carbocycles. The number of nitrogens with two attached hydrogens (primary N) is 1. The first kappa shape index (κ1) is 14.2. The Hall–Kier alpha value is -1.80. The SMILES string of the molecule is Cc1ncc(CN2CCC[C@@H](n3cnc(C(N)=O)n3)C2)s1. The van der Waals surface area contributed by atoms with Crippen LogP contribution in [0.1, 0.15) is 39.4 Å². The molecule has 8 heteroatoms. The molecule has 3 heterocycles. The minimum absolute atomic E-state index is 0.0882. The molecule has 0 saturated carbocycles. The lowest BCUT2D eigenvalue weighted by molar-refractivity contribution is 0.0989. The van der Waals surface area contributed by atoms with E-state index in [4.69, 9.17) is 5.73 Å². The number of hydrogen-bond acceptors (Lipinski definition) is 6. The van der Waals surface area contributed by atoms with Crippen LogP contribution >= 0.6 is 11.3 Å². The Labute approximate surface area is 126 Å². The summed E-state index contributed by atoms with van der Waals surface area (Å²) in [4.78, 5) is 23.0. The van der Waals surface area contributed by atoms with Crippen molar-refractivity contribution in [3.63, 3.8) is 0 Å². The highest BCUT2D eigenvalue weighted by atomic mass is 32.1. The van der Waals surface area contributed by atoms with Crippen LogP contribution in [-0.4, -0.2) is 43.6 Å². The third-order valence-corrected chi connectivity index (χ3v) is 4.53. The second-order valence-corrected chi connectivity index (χ2v) is 6.61. The lowest BCUT2D eigenvalue weighted by Crippen LogP contribution is -2.36. The van der Waals surface area contributed by atoms with E-state index in [1.54, 1.807) is 22.3 Å². The predicted molar refractivity (Wildman–Crippen MR) is 78.9 cm³/mol. The van der Waals surface area contributed by atoms with Crippen LogP contribution in [0.2, 0.25) is 0 Å². The van der Waals surface area contributed by atoms with Crippen LogP contribution in [0, 0.1) is 6.92 Å². The molecule has 0 bridgehead atoms. The topological polar surface area (TPSA) is 89.9 Å². The number of hydrogen-bond donors (Lipinski definition) is 1. The minimum Gasteiger partial charge on any atom is -0.363 e.